The van der Waals surface area contributed by atoms with E-state index in [2.05, 4.69) is 41.0 Å². The molecular weight excluding hydrogens is 254 g/mol. The van der Waals surface area contributed by atoms with E-state index >= 15 is 0 Å². The predicted molar refractivity (Wildman–Crippen MR) is 82.5 cm³/mol. The molecular formula is C14H27N5O. The molecule has 1 heterocycles. The van der Waals surface area contributed by atoms with Crippen LogP contribution >= 0.6 is 0 Å². The molecule has 0 unspecified atom stereocenters. The van der Waals surface area contributed by atoms with Gasteiger partial charge in [-0.15, -0.1) is 0 Å². The van der Waals surface area contributed by atoms with Crippen LogP contribution < -0.4 is 15.0 Å². The smallest absolute Gasteiger partial charge is 0.323 e. The molecule has 0 saturated heterocycles. The van der Waals surface area contributed by atoms with E-state index in [-0.39, 0.29) is 0 Å². The standard InChI is InChI=1S/C14H27N5O/c1-6-10-20-14-17-12(15-7-2)16-13(18-14)19(5)9-8-11(3)4/h11H,6-10H2,1-5H3,(H,15,16,17,18). The molecule has 0 saturated carbocycles. The van der Waals surface area contributed by atoms with E-state index in [1.165, 1.54) is 0 Å². The Labute approximate surface area is 122 Å². The van der Waals surface area contributed by atoms with Crippen molar-refractivity contribution in [3.8, 4) is 6.01 Å². The van der Waals surface area contributed by atoms with Crippen molar-refractivity contribution in [3.63, 3.8) is 0 Å². The van der Waals surface area contributed by atoms with E-state index in [1.54, 1.807) is 0 Å². The minimum Gasteiger partial charge on any atom is -0.463 e. The second-order valence-corrected chi connectivity index (χ2v) is 5.22. The van der Waals surface area contributed by atoms with Gasteiger partial charge in [0.15, 0.2) is 0 Å². The fourth-order valence-electron chi connectivity index (χ4n) is 1.56. The third-order valence-electron chi connectivity index (χ3n) is 2.76. The predicted octanol–water partition coefficient (Wildman–Crippen LogP) is 2.57. The van der Waals surface area contributed by atoms with Gasteiger partial charge in [0.1, 0.15) is 0 Å². The molecule has 6 heteroatoms. The minimum atomic E-state index is 0.393. The molecule has 20 heavy (non-hydrogen) atoms. The molecule has 0 aliphatic carbocycles. The van der Waals surface area contributed by atoms with Crippen LogP contribution in [0.25, 0.3) is 0 Å². The zero-order chi connectivity index (χ0) is 15.0. The van der Waals surface area contributed by atoms with E-state index in [4.69, 9.17) is 4.74 Å². The third-order valence-corrected chi connectivity index (χ3v) is 2.76. The molecule has 1 aromatic heterocycles. The molecule has 1 N–H and O–H groups in total. The summed E-state index contributed by atoms with van der Waals surface area (Å²) in [4.78, 5) is 15.1. The minimum absolute atomic E-state index is 0.393. The van der Waals surface area contributed by atoms with Crippen LogP contribution in [0.4, 0.5) is 11.9 Å². The molecule has 0 aliphatic heterocycles. The van der Waals surface area contributed by atoms with Crippen LogP contribution in [-0.4, -0.2) is 41.7 Å². The van der Waals surface area contributed by atoms with Crippen molar-refractivity contribution < 1.29 is 4.74 Å². The Morgan fingerprint density at radius 3 is 2.55 bits per heavy atom. The SMILES string of the molecule is CCCOc1nc(NCC)nc(N(C)CCC(C)C)n1. The number of nitrogens with zero attached hydrogens (tertiary/aromatic N) is 4. The first-order chi connectivity index (χ1) is 9.56. The lowest BCUT2D eigenvalue weighted by molar-refractivity contribution is 0.292. The fourth-order valence-corrected chi connectivity index (χ4v) is 1.56. The first-order valence-corrected chi connectivity index (χ1v) is 7.40. The van der Waals surface area contributed by atoms with Crippen LogP contribution in [0.1, 0.15) is 40.5 Å². The lowest BCUT2D eigenvalue weighted by Crippen LogP contribution is -2.23. The Hall–Kier alpha value is -1.59. The van der Waals surface area contributed by atoms with Crippen LogP contribution in [0, 0.1) is 5.92 Å². The normalized spacial score (nSPS) is 10.7. The van der Waals surface area contributed by atoms with Crippen molar-refractivity contribution in [1.82, 2.24) is 15.0 Å². The molecule has 0 amide bonds. The maximum Gasteiger partial charge on any atom is 0.323 e. The van der Waals surface area contributed by atoms with Crippen LogP contribution in [0.2, 0.25) is 0 Å². The van der Waals surface area contributed by atoms with Gasteiger partial charge in [-0.25, -0.2) is 0 Å². The molecule has 114 valence electrons. The molecule has 0 aliphatic rings. The number of aromatic nitrogens is 3. The van der Waals surface area contributed by atoms with Crippen LogP contribution in [0.3, 0.4) is 0 Å². The largest absolute Gasteiger partial charge is 0.463 e. The number of hydrogen-bond acceptors (Lipinski definition) is 6. The molecule has 0 atom stereocenters. The Morgan fingerprint density at radius 2 is 1.95 bits per heavy atom. The van der Waals surface area contributed by atoms with Gasteiger partial charge in [0.25, 0.3) is 0 Å². The highest BCUT2D eigenvalue weighted by Crippen LogP contribution is 2.15. The second-order valence-electron chi connectivity index (χ2n) is 5.22. The summed E-state index contributed by atoms with van der Waals surface area (Å²) in [6, 6.07) is 0.393. The Balaban J connectivity index is 2.83. The number of nitrogens with one attached hydrogen (secondary N) is 1. The molecule has 1 rings (SSSR count). The Kier molecular flexibility index (Phi) is 7.04. The van der Waals surface area contributed by atoms with Crippen molar-refractivity contribution in [2.75, 3.05) is 37.0 Å². The average molecular weight is 281 g/mol. The maximum atomic E-state index is 5.53. The van der Waals surface area contributed by atoms with Gasteiger partial charge in [-0.2, -0.15) is 15.0 Å². The molecule has 0 bridgehead atoms. The quantitative estimate of drug-likeness (QED) is 0.750. The molecule has 0 aromatic carbocycles. The van der Waals surface area contributed by atoms with E-state index < -0.39 is 0 Å². The van der Waals surface area contributed by atoms with Crippen molar-refractivity contribution >= 4 is 11.9 Å². The molecule has 0 spiro atoms. The molecule has 1 aromatic rings. The topological polar surface area (TPSA) is 63.2 Å². The van der Waals surface area contributed by atoms with Gasteiger partial charge in [-0.1, -0.05) is 20.8 Å². The second kappa shape index (κ2) is 8.55. The number of hydrogen-bond donors (Lipinski definition) is 1. The van der Waals surface area contributed by atoms with Crippen molar-refractivity contribution in [2.45, 2.75) is 40.5 Å². The van der Waals surface area contributed by atoms with Gasteiger partial charge in [-0.3, -0.25) is 0 Å². The Morgan fingerprint density at radius 1 is 1.20 bits per heavy atom. The monoisotopic (exact) mass is 281 g/mol. The average Bonchev–Trinajstić information content (AvgIpc) is 2.42. The first kappa shape index (κ1) is 16.5. The van der Waals surface area contributed by atoms with E-state index in [0.717, 1.165) is 25.9 Å². The summed E-state index contributed by atoms with van der Waals surface area (Å²) < 4.78 is 5.53. The van der Waals surface area contributed by atoms with Gasteiger partial charge >= 0.3 is 6.01 Å². The summed E-state index contributed by atoms with van der Waals surface area (Å²) in [5.74, 6) is 1.88. The zero-order valence-electron chi connectivity index (χ0n) is 13.3. The molecule has 0 radical (unpaired) electrons. The van der Waals surface area contributed by atoms with E-state index in [9.17, 15) is 0 Å². The first-order valence-electron chi connectivity index (χ1n) is 7.40. The summed E-state index contributed by atoms with van der Waals surface area (Å²) in [5.41, 5.74) is 0. The number of rotatable bonds is 9. The highest BCUT2D eigenvalue weighted by molar-refractivity contribution is 5.37. The van der Waals surface area contributed by atoms with Crippen molar-refractivity contribution in [2.24, 2.45) is 5.92 Å². The lowest BCUT2D eigenvalue weighted by Gasteiger charge is -2.19. The fraction of sp³-hybridized carbons (Fsp3) is 0.786. The highest BCUT2D eigenvalue weighted by atomic mass is 16.5. The number of ether oxygens (including phenoxy) is 1. The van der Waals surface area contributed by atoms with Gasteiger partial charge < -0.3 is 15.0 Å². The van der Waals surface area contributed by atoms with E-state index in [1.807, 2.05) is 18.9 Å². The number of anilines is 2. The third kappa shape index (κ3) is 5.59. The summed E-state index contributed by atoms with van der Waals surface area (Å²) in [7, 11) is 2.00. The summed E-state index contributed by atoms with van der Waals surface area (Å²) in [6.07, 6.45) is 2.03. The Bertz CT molecular complexity index is 397. The summed E-state index contributed by atoms with van der Waals surface area (Å²) in [6.45, 7) is 10.8. The van der Waals surface area contributed by atoms with Crippen molar-refractivity contribution in [3.05, 3.63) is 0 Å². The van der Waals surface area contributed by atoms with Crippen LogP contribution in [-0.2, 0) is 0 Å². The van der Waals surface area contributed by atoms with Crippen molar-refractivity contribution in [1.29, 1.82) is 0 Å². The molecule has 0 fully saturated rings. The summed E-state index contributed by atoms with van der Waals surface area (Å²) in [5, 5.41) is 3.12. The maximum absolute atomic E-state index is 5.53. The molecule has 6 nitrogen and oxygen atoms in total. The highest BCUT2D eigenvalue weighted by Gasteiger charge is 2.11. The van der Waals surface area contributed by atoms with Gasteiger partial charge in [0, 0.05) is 20.1 Å². The van der Waals surface area contributed by atoms with Gasteiger partial charge in [0.2, 0.25) is 11.9 Å². The van der Waals surface area contributed by atoms with Gasteiger partial charge in [0.05, 0.1) is 6.61 Å². The van der Waals surface area contributed by atoms with Crippen LogP contribution in [0.15, 0.2) is 0 Å². The lowest BCUT2D eigenvalue weighted by atomic mass is 10.1. The van der Waals surface area contributed by atoms with E-state index in [0.29, 0.717) is 30.4 Å². The van der Waals surface area contributed by atoms with Crippen LogP contribution in [0.5, 0.6) is 6.01 Å². The summed E-state index contributed by atoms with van der Waals surface area (Å²) >= 11 is 0. The van der Waals surface area contributed by atoms with Gasteiger partial charge in [-0.05, 0) is 25.7 Å². The zero-order valence-corrected chi connectivity index (χ0v) is 13.3.